The number of benzene rings is 2. The molecular weight excluding hydrogens is 208 g/mol. The van der Waals surface area contributed by atoms with Crippen molar-refractivity contribution >= 4 is 11.6 Å². The normalized spacial score (nSPS) is 12.4. The zero-order valence-electron chi connectivity index (χ0n) is 8.10. The Morgan fingerprint density at radius 3 is 2.20 bits per heavy atom. The fraction of sp³-hybridized carbons (Fsp3) is 0.0769. The zero-order valence-corrected chi connectivity index (χ0v) is 8.85. The molecule has 2 rings (SSSR count). The van der Waals surface area contributed by atoms with E-state index < -0.39 is 6.10 Å². The second kappa shape index (κ2) is 4.47. The van der Waals surface area contributed by atoms with Gasteiger partial charge in [-0.25, -0.2) is 0 Å². The third kappa shape index (κ3) is 2.38. The number of hydrogen-bond donors (Lipinski definition) is 1. The first-order chi connectivity index (χ1) is 7.27. The number of aliphatic hydroxyl groups excluding tert-OH is 1. The Labute approximate surface area is 94.0 Å². The van der Waals surface area contributed by atoms with Gasteiger partial charge >= 0.3 is 0 Å². The van der Waals surface area contributed by atoms with E-state index >= 15 is 0 Å². The van der Waals surface area contributed by atoms with Gasteiger partial charge in [-0.2, -0.15) is 0 Å². The Hall–Kier alpha value is -1.31. The molecule has 0 aliphatic heterocycles. The topological polar surface area (TPSA) is 20.2 Å². The second-order valence-electron chi connectivity index (χ2n) is 3.37. The Kier molecular flexibility index (Phi) is 3.05. The van der Waals surface area contributed by atoms with Crippen LogP contribution < -0.4 is 0 Å². The van der Waals surface area contributed by atoms with Crippen molar-refractivity contribution in [3.8, 4) is 0 Å². The zero-order chi connectivity index (χ0) is 10.7. The van der Waals surface area contributed by atoms with Crippen molar-refractivity contribution in [2.75, 3.05) is 0 Å². The molecule has 2 heteroatoms. The van der Waals surface area contributed by atoms with Crippen LogP contribution in [0.4, 0.5) is 0 Å². The third-order valence-electron chi connectivity index (χ3n) is 2.28. The fourth-order valence-electron chi connectivity index (χ4n) is 1.50. The van der Waals surface area contributed by atoms with Crippen molar-refractivity contribution in [3.05, 3.63) is 70.7 Å². The van der Waals surface area contributed by atoms with Crippen molar-refractivity contribution in [2.45, 2.75) is 6.10 Å². The summed E-state index contributed by atoms with van der Waals surface area (Å²) >= 11 is 5.87. The lowest BCUT2D eigenvalue weighted by atomic mass is 10.0. The minimum atomic E-state index is -0.607. The van der Waals surface area contributed by atoms with Crippen LogP contribution in [0.5, 0.6) is 0 Å². The maximum Gasteiger partial charge on any atom is 0.104 e. The molecule has 0 radical (unpaired) electrons. The predicted octanol–water partition coefficient (Wildman–Crippen LogP) is 3.42. The average molecular weight is 219 g/mol. The second-order valence-corrected chi connectivity index (χ2v) is 3.80. The molecule has 0 spiro atoms. The van der Waals surface area contributed by atoms with Crippen LogP contribution in [0, 0.1) is 0 Å². The molecule has 0 saturated heterocycles. The molecule has 0 unspecified atom stereocenters. The van der Waals surface area contributed by atoms with E-state index in [-0.39, 0.29) is 0 Å². The van der Waals surface area contributed by atoms with E-state index in [2.05, 4.69) is 0 Å². The maximum atomic E-state index is 10.1. The molecule has 0 aromatic heterocycles. The number of rotatable bonds is 2. The van der Waals surface area contributed by atoms with Crippen LogP contribution in [0.1, 0.15) is 17.2 Å². The van der Waals surface area contributed by atoms with E-state index in [4.69, 9.17) is 11.6 Å². The summed E-state index contributed by atoms with van der Waals surface area (Å²) in [6.07, 6.45) is -0.607. The smallest absolute Gasteiger partial charge is 0.104 e. The summed E-state index contributed by atoms with van der Waals surface area (Å²) in [5, 5.41) is 10.7. The summed E-state index contributed by atoms with van der Waals surface area (Å²) in [7, 11) is 0. The van der Waals surface area contributed by atoms with Gasteiger partial charge in [-0.1, -0.05) is 54.1 Å². The molecule has 2 aromatic carbocycles. The summed E-state index contributed by atoms with van der Waals surface area (Å²) in [5.74, 6) is 0. The van der Waals surface area contributed by atoms with Crippen molar-refractivity contribution in [1.82, 2.24) is 0 Å². The Morgan fingerprint density at radius 1 is 0.867 bits per heavy atom. The molecule has 1 atom stereocenters. The summed E-state index contributed by atoms with van der Waals surface area (Å²) in [4.78, 5) is 0. The predicted molar refractivity (Wildman–Crippen MR) is 62.0 cm³/mol. The van der Waals surface area contributed by atoms with Gasteiger partial charge in [0.2, 0.25) is 0 Å². The molecule has 15 heavy (non-hydrogen) atoms. The van der Waals surface area contributed by atoms with Gasteiger partial charge in [0.25, 0.3) is 0 Å². The summed E-state index contributed by atoms with van der Waals surface area (Å²) in [6.45, 7) is 0. The average Bonchev–Trinajstić information content (AvgIpc) is 2.29. The molecule has 0 aliphatic carbocycles. The van der Waals surface area contributed by atoms with Gasteiger partial charge in [0.15, 0.2) is 0 Å². The molecule has 1 N–H and O–H groups in total. The van der Waals surface area contributed by atoms with E-state index in [0.717, 1.165) is 11.1 Å². The highest BCUT2D eigenvalue weighted by Gasteiger charge is 2.09. The van der Waals surface area contributed by atoms with E-state index in [9.17, 15) is 5.11 Å². The lowest BCUT2D eigenvalue weighted by Gasteiger charge is -2.11. The first-order valence-corrected chi connectivity index (χ1v) is 5.13. The highest BCUT2D eigenvalue weighted by molar-refractivity contribution is 6.30. The van der Waals surface area contributed by atoms with Crippen LogP contribution in [-0.4, -0.2) is 5.11 Å². The molecule has 0 fully saturated rings. The fourth-order valence-corrected chi connectivity index (χ4v) is 1.70. The highest BCUT2D eigenvalue weighted by atomic mass is 35.5. The summed E-state index contributed by atoms with van der Waals surface area (Å²) < 4.78 is 0. The van der Waals surface area contributed by atoms with Gasteiger partial charge in [0.1, 0.15) is 6.10 Å². The van der Waals surface area contributed by atoms with Gasteiger partial charge in [-0.3, -0.25) is 0 Å². The first kappa shape index (κ1) is 10.2. The maximum absolute atomic E-state index is 10.1. The standard InChI is InChI=1S/C13H11ClO/c14-12-8-4-7-11(9-12)13(15)10-5-2-1-3-6-10/h1-9,13,15H/t13-/m1/s1. The van der Waals surface area contributed by atoms with Crippen LogP contribution in [0.25, 0.3) is 0 Å². The summed E-state index contributed by atoms with van der Waals surface area (Å²) in [6, 6.07) is 16.8. The largest absolute Gasteiger partial charge is 0.384 e. The van der Waals surface area contributed by atoms with Crippen LogP contribution in [0.3, 0.4) is 0 Å². The minimum absolute atomic E-state index is 0.607. The van der Waals surface area contributed by atoms with Gasteiger partial charge in [0, 0.05) is 5.02 Å². The van der Waals surface area contributed by atoms with Crippen LogP contribution >= 0.6 is 11.6 Å². The molecule has 0 bridgehead atoms. The van der Waals surface area contributed by atoms with Gasteiger partial charge in [0.05, 0.1) is 0 Å². The summed E-state index contributed by atoms with van der Waals surface area (Å²) in [5.41, 5.74) is 1.69. The van der Waals surface area contributed by atoms with Gasteiger partial charge in [-0.05, 0) is 23.3 Å². The van der Waals surface area contributed by atoms with E-state index in [0.29, 0.717) is 5.02 Å². The van der Waals surface area contributed by atoms with Crippen LogP contribution in [0.2, 0.25) is 5.02 Å². The molecule has 1 nitrogen and oxygen atoms in total. The number of hydrogen-bond acceptors (Lipinski definition) is 1. The third-order valence-corrected chi connectivity index (χ3v) is 2.51. The van der Waals surface area contributed by atoms with Crippen molar-refractivity contribution in [3.63, 3.8) is 0 Å². The van der Waals surface area contributed by atoms with Crippen molar-refractivity contribution < 1.29 is 5.11 Å². The minimum Gasteiger partial charge on any atom is -0.384 e. The van der Waals surface area contributed by atoms with E-state index in [1.807, 2.05) is 42.5 Å². The Morgan fingerprint density at radius 2 is 1.53 bits per heavy atom. The molecular formula is C13H11ClO. The molecule has 0 heterocycles. The van der Waals surface area contributed by atoms with Crippen LogP contribution in [0.15, 0.2) is 54.6 Å². The molecule has 0 saturated carbocycles. The molecule has 0 amide bonds. The van der Waals surface area contributed by atoms with E-state index in [1.54, 1.807) is 12.1 Å². The number of halogens is 1. The molecule has 2 aromatic rings. The monoisotopic (exact) mass is 218 g/mol. The first-order valence-electron chi connectivity index (χ1n) is 4.76. The lowest BCUT2D eigenvalue weighted by molar-refractivity contribution is 0.220. The quantitative estimate of drug-likeness (QED) is 0.819. The van der Waals surface area contributed by atoms with Crippen molar-refractivity contribution in [1.29, 1.82) is 0 Å². The SMILES string of the molecule is O[C@H](c1ccccc1)c1cccc(Cl)c1. The van der Waals surface area contributed by atoms with Crippen LogP contribution in [-0.2, 0) is 0 Å². The molecule has 0 aliphatic rings. The molecule has 76 valence electrons. The van der Waals surface area contributed by atoms with Crippen molar-refractivity contribution in [2.24, 2.45) is 0 Å². The van der Waals surface area contributed by atoms with Gasteiger partial charge < -0.3 is 5.11 Å². The Bertz CT molecular complexity index is 439. The number of aliphatic hydroxyl groups is 1. The van der Waals surface area contributed by atoms with E-state index in [1.165, 1.54) is 0 Å². The Balaban J connectivity index is 2.32. The highest BCUT2D eigenvalue weighted by Crippen LogP contribution is 2.23. The van der Waals surface area contributed by atoms with Gasteiger partial charge in [-0.15, -0.1) is 0 Å². The lowest BCUT2D eigenvalue weighted by Crippen LogP contribution is -1.98.